The Kier molecular flexibility index (Phi) is 2.21. The summed E-state index contributed by atoms with van der Waals surface area (Å²) in [5, 5.41) is 2.61. The summed E-state index contributed by atoms with van der Waals surface area (Å²) in [5.74, 6) is 0. The molecule has 0 bridgehead atoms. The standard InChI is InChI=1S/C6H12F2N2/c7-5(8)3-10-4-6(9)1-2-6/h5,10H,1-4,9H2. The summed E-state index contributed by atoms with van der Waals surface area (Å²) in [7, 11) is 0. The Bertz CT molecular complexity index is 112. The Labute approximate surface area is 58.8 Å². The SMILES string of the molecule is NC1(CNCC(F)F)CC1. The van der Waals surface area contributed by atoms with Crippen molar-refractivity contribution in [1.82, 2.24) is 5.32 Å². The molecule has 0 radical (unpaired) electrons. The highest BCUT2D eigenvalue weighted by Gasteiger charge is 2.37. The maximum atomic E-state index is 11.5. The molecule has 0 aromatic rings. The lowest BCUT2D eigenvalue weighted by molar-refractivity contribution is 0.145. The normalized spacial score (nSPS) is 21.6. The first kappa shape index (κ1) is 7.88. The molecule has 4 heteroatoms. The average molecular weight is 150 g/mol. The van der Waals surface area contributed by atoms with Crippen LogP contribution in [0.1, 0.15) is 12.8 Å². The number of nitrogens with one attached hydrogen (secondary N) is 1. The third-order valence-corrected chi connectivity index (χ3v) is 1.67. The fourth-order valence-corrected chi connectivity index (χ4v) is 0.768. The highest BCUT2D eigenvalue weighted by atomic mass is 19.3. The molecule has 1 aliphatic rings. The van der Waals surface area contributed by atoms with Gasteiger partial charge in [0.2, 0.25) is 0 Å². The topological polar surface area (TPSA) is 38.0 Å². The summed E-state index contributed by atoms with van der Waals surface area (Å²) >= 11 is 0. The lowest BCUT2D eigenvalue weighted by Gasteiger charge is -2.08. The van der Waals surface area contributed by atoms with Crippen LogP contribution in [0.3, 0.4) is 0 Å². The highest BCUT2D eigenvalue weighted by Crippen LogP contribution is 2.30. The van der Waals surface area contributed by atoms with Gasteiger partial charge in [-0.2, -0.15) is 0 Å². The lowest BCUT2D eigenvalue weighted by Crippen LogP contribution is -2.37. The van der Waals surface area contributed by atoms with Crippen LogP contribution in [0.5, 0.6) is 0 Å². The molecule has 0 atom stereocenters. The van der Waals surface area contributed by atoms with Crippen molar-refractivity contribution in [1.29, 1.82) is 0 Å². The molecular weight excluding hydrogens is 138 g/mol. The van der Waals surface area contributed by atoms with Gasteiger partial charge < -0.3 is 11.1 Å². The summed E-state index contributed by atoms with van der Waals surface area (Å²) in [6, 6.07) is 0. The van der Waals surface area contributed by atoms with Gasteiger partial charge in [-0.05, 0) is 12.8 Å². The van der Waals surface area contributed by atoms with Crippen molar-refractivity contribution in [2.75, 3.05) is 13.1 Å². The van der Waals surface area contributed by atoms with Gasteiger partial charge in [0.05, 0.1) is 6.54 Å². The number of nitrogens with two attached hydrogens (primary N) is 1. The van der Waals surface area contributed by atoms with Crippen molar-refractivity contribution in [3.8, 4) is 0 Å². The molecule has 1 aliphatic carbocycles. The molecular formula is C6H12F2N2. The molecule has 10 heavy (non-hydrogen) atoms. The number of rotatable bonds is 4. The molecule has 3 N–H and O–H groups in total. The largest absolute Gasteiger partial charge is 0.324 e. The van der Waals surface area contributed by atoms with Gasteiger partial charge in [-0.1, -0.05) is 0 Å². The fourth-order valence-electron chi connectivity index (χ4n) is 0.768. The van der Waals surface area contributed by atoms with Gasteiger partial charge in [0.15, 0.2) is 0 Å². The zero-order valence-corrected chi connectivity index (χ0v) is 5.74. The highest BCUT2D eigenvalue weighted by molar-refractivity contribution is 5.00. The van der Waals surface area contributed by atoms with Crippen LogP contribution in [-0.4, -0.2) is 25.1 Å². The first-order valence-corrected chi connectivity index (χ1v) is 3.40. The number of hydrogen-bond donors (Lipinski definition) is 2. The van der Waals surface area contributed by atoms with E-state index in [1.165, 1.54) is 0 Å². The van der Waals surface area contributed by atoms with Gasteiger partial charge >= 0.3 is 0 Å². The minimum atomic E-state index is -2.26. The second kappa shape index (κ2) is 2.80. The van der Waals surface area contributed by atoms with Crippen LogP contribution in [0, 0.1) is 0 Å². The predicted molar refractivity (Wildman–Crippen MR) is 35.0 cm³/mol. The first-order chi connectivity index (χ1) is 4.62. The Balaban J connectivity index is 1.95. The second-order valence-electron chi connectivity index (χ2n) is 2.88. The van der Waals surface area contributed by atoms with Gasteiger partial charge in [0.1, 0.15) is 0 Å². The molecule has 1 fully saturated rings. The number of halogens is 2. The van der Waals surface area contributed by atoms with E-state index in [1.54, 1.807) is 0 Å². The molecule has 2 nitrogen and oxygen atoms in total. The summed E-state index contributed by atoms with van der Waals surface area (Å²) in [6.45, 7) is 0.288. The van der Waals surface area contributed by atoms with Crippen LogP contribution >= 0.6 is 0 Å². The van der Waals surface area contributed by atoms with E-state index >= 15 is 0 Å². The van der Waals surface area contributed by atoms with Crippen molar-refractivity contribution in [2.45, 2.75) is 24.8 Å². The molecule has 60 valence electrons. The van der Waals surface area contributed by atoms with Gasteiger partial charge in [-0.15, -0.1) is 0 Å². The first-order valence-electron chi connectivity index (χ1n) is 3.40. The van der Waals surface area contributed by atoms with Gasteiger partial charge in [-0.3, -0.25) is 0 Å². The molecule has 0 amide bonds. The molecule has 0 aromatic carbocycles. The second-order valence-corrected chi connectivity index (χ2v) is 2.88. The van der Waals surface area contributed by atoms with Crippen LogP contribution in [0.25, 0.3) is 0 Å². The quantitative estimate of drug-likeness (QED) is 0.606. The minimum absolute atomic E-state index is 0.158. The number of alkyl halides is 2. The lowest BCUT2D eigenvalue weighted by atomic mass is 10.3. The summed E-state index contributed by atoms with van der Waals surface area (Å²) in [4.78, 5) is 0. The fraction of sp³-hybridized carbons (Fsp3) is 1.00. The van der Waals surface area contributed by atoms with E-state index in [0.29, 0.717) is 6.54 Å². The summed E-state index contributed by atoms with van der Waals surface area (Å²) < 4.78 is 23.1. The van der Waals surface area contributed by atoms with Gasteiger partial charge in [0.25, 0.3) is 6.43 Å². The Morgan fingerprint density at radius 1 is 1.50 bits per heavy atom. The van der Waals surface area contributed by atoms with E-state index < -0.39 is 6.43 Å². The third-order valence-electron chi connectivity index (χ3n) is 1.67. The van der Waals surface area contributed by atoms with Crippen molar-refractivity contribution >= 4 is 0 Å². The predicted octanol–water partition coefficient (Wildman–Crippen LogP) is 0.332. The Morgan fingerprint density at radius 2 is 2.10 bits per heavy atom. The summed E-state index contributed by atoms with van der Waals surface area (Å²) in [5.41, 5.74) is 5.47. The van der Waals surface area contributed by atoms with Crippen molar-refractivity contribution in [3.63, 3.8) is 0 Å². The third kappa shape index (κ3) is 2.58. The van der Waals surface area contributed by atoms with E-state index in [-0.39, 0.29) is 12.1 Å². The molecule has 0 unspecified atom stereocenters. The zero-order chi connectivity index (χ0) is 7.61. The molecule has 0 aliphatic heterocycles. The zero-order valence-electron chi connectivity index (χ0n) is 5.74. The van der Waals surface area contributed by atoms with Crippen LogP contribution in [0.15, 0.2) is 0 Å². The van der Waals surface area contributed by atoms with E-state index in [0.717, 1.165) is 12.8 Å². The van der Waals surface area contributed by atoms with E-state index in [4.69, 9.17) is 5.73 Å². The van der Waals surface area contributed by atoms with Gasteiger partial charge in [-0.25, -0.2) is 8.78 Å². The van der Waals surface area contributed by atoms with Crippen molar-refractivity contribution < 1.29 is 8.78 Å². The van der Waals surface area contributed by atoms with Crippen LogP contribution < -0.4 is 11.1 Å². The van der Waals surface area contributed by atoms with Gasteiger partial charge in [0, 0.05) is 12.1 Å². The van der Waals surface area contributed by atoms with Crippen LogP contribution in [0.2, 0.25) is 0 Å². The Hall–Kier alpha value is -0.220. The molecule has 0 aromatic heterocycles. The van der Waals surface area contributed by atoms with E-state index in [2.05, 4.69) is 5.32 Å². The molecule has 1 rings (SSSR count). The smallest absolute Gasteiger partial charge is 0.250 e. The molecule has 0 saturated heterocycles. The maximum absolute atomic E-state index is 11.5. The van der Waals surface area contributed by atoms with Crippen LogP contribution in [0.4, 0.5) is 8.78 Å². The monoisotopic (exact) mass is 150 g/mol. The maximum Gasteiger partial charge on any atom is 0.250 e. The van der Waals surface area contributed by atoms with E-state index in [9.17, 15) is 8.78 Å². The van der Waals surface area contributed by atoms with Crippen LogP contribution in [-0.2, 0) is 0 Å². The van der Waals surface area contributed by atoms with E-state index in [1.807, 2.05) is 0 Å². The summed E-state index contributed by atoms with van der Waals surface area (Å²) in [6.07, 6.45) is -0.339. The average Bonchev–Trinajstić information content (AvgIpc) is 2.47. The molecule has 1 saturated carbocycles. The van der Waals surface area contributed by atoms with Crippen molar-refractivity contribution in [3.05, 3.63) is 0 Å². The molecule has 0 spiro atoms. The molecule has 0 heterocycles. The minimum Gasteiger partial charge on any atom is -0.324 e. The number of hydrogen-bond acceptors (Lipinski definition) is 2. The van der Waals surface area contributed by atoms with Crippen molar-refractivity contribution in [2.24, 2.45) is 5.73 Å². The Morgan fingerprint density at radius 3 is 2.50 bits per heavy atom.